The van der Waals surface area contributed by atoms with Gasteiger partial charge in [0.2, 0.25) is 0 Å². The Labute approximate surface area is 139 Å². The molecule has 0 bridgehead atoms. The number of nitrogens with one attached hydrogen (secondary N) is 1. The van der Waals surface area contributed by atoms with E-state index in [1.807, 2.05) is 13.0 Å². The molecule has 0 saturated heterocycles. The van der Waals surface area contributed by atoms with Crippen LogP contribution in [0.25, 0.3) is 0 Å². The molecule has 1 atom stereocenters. The fourth-order valence-corrected chi connectivity index (χ4v) is 3.82. The van der Waals surface area contributed by atoms with Crippen molar-refractivity contribution in [2.45, 2.75) is 24.3 Å². The van der Waals surface area contributed by atoms with Crippen LogP contribution in [0.3, 0.4) is 0 Å². The van der Waals surface area contributed by atoms with Gasteiger partial charge in [0, 0.05) is 16.2 Å². The zero-order chi connectivity index (χ0) is 16.4. The van der Waals surface area contributed by atoms with Gasteiger partial charge in [0.05, 0.1) is 13.2 Å². The van der Waals surface area contributed by atoms with E-state index in [0.717, 1.165) is 28.2 Å². The van der Waals surface area contributed by atoms with E-state index in [-0.39, 0.29) is 17.8 Å². The molecule has 120 valence electrons. The van der Waals surface area contributed by atoms with Gasteiger partial charge < -0.3 is 10.1 Å². The number of thioether (sulfide) groups is 1. The minimum atomic E-state index is -0.275. The predicted octanol–water partition coefficient (Wildman–Crippen LogP) is 4.11. The lowest BCUT2D eigenvalue weighted by atomic mass is 10.0. The Morgan fingerprint density at radius 1 is 1.30 bits per heavy atom. The maximum absolute atomic E-state index is 13.5. The van der Waals surface area contributed by atoms with Gasteiger partial charge in [-0.25, -0.2) is 4.39 Å². The fourth-order valence-electron chi connectivity index (χ4n) is 2.72. The Morgan fingerprint density at radius 3 is 2.91 bits per heavy atom. The molecule has 23 heavy (non-hydrogen) atoms. The van der Waals surface area contributed by atoms with Crippen molar-refractivity contribution in [3.8, 4) is 5.75 Å². The number of carbonyl (C=O) groups excluding carboxylic acids is 1. The van der Waals surface area contributed by atoms with E-state index in [0.29, 0.717) is 11.3 Å². The van der Waals surface area contributed by atoms with Crippen molar-refractivity contribution in [2.75, 3.05) is 12.9 Å². The Kier molecular flexibility index (Phi) is 4.57. The highest BCUT2D eigenvalue weighted by Crippen LogP contribution is 2.36. The third-order valence-electron chi connectivity index (χ3n) is 3.99. The first-order valence-electron chi connectivity index (χ1n) is 7.46. The van der Waals surface area contributed by atoms with Crippen molar-refractivity contribution < 1.29 is 13.9 Å². The molecule has 1 heterocycles. The number of aryl methyl sites for hydroxylation is 1. The zero-order valence-electron chi connectivity index (χ0n) is 13.1. The smallest absolute Gasteiger partial charge is 0.251 e. The summed E-state index contributed by atoms with van der Waals surface area (Å²) < 4.78 is 18.8. The molecule has 1 aliphatic heterocycles. The predicted molar refractivity (Wildman–Crippen MR) is 89.7 cm³/mol. The summed E-state index contributed by atoms with van der Waals surface area (Å²) in [7, 11) is 1.58. The van der Waals surface area contributed by atoms with Gasteiger partial charge in [0.25, 0.3) is 5.91 Å². The van der Waals surface area contributed by atoms with Crippen LogP contribution in [0.15, 0.2) is 41.3 Å². The molecule has 2 aromatic carbocycles. The van der Waals surface area contributed by atoms with Gasteiger partial charge in [-0.15, -0.1) is 11.8 Å². The molecular weight excluding hydrogens is 313 g/mol. The van der Waals surface area contributed by atoms with Gasteiger partial charge in [-0.3, -0.25) is 4.79 Å². The van der Waals surface area contributed by atoms with E-state index in [1.165, 1.54) is 12.1 Å². The molecular formula is C18H18FNO2S. The highest BCUT2D eigenvalue weighted by molar-refractivity contribution is 7.99. The lowest BCUT2D eigenvalue weighted by Gasteiger charge is -2.26. The number of hydrogen-bond acceptors (Lipinski definition) is 3. The Balaban J connectivity index is 1.83. The van der Waals surface area contributed by atoms with Crippen LogP contribution in [0, 0.1) is 12.7 Å². The van der Waals surface area contributed by atoms with Crippen molar-refractivity contribution in [3.05, 3.63) is 58.9 Å². The number of fused-ring (bicyclic) bond motifs is 1. The highest BCUT2D eigenvalue weighted by atomic mass is 32.2. The summed E-state index contributed by atoms with van der Waals surface area (Å²) in [5.74, 6) is 1.14. The molecule has 1 unspecified atom stereocenters. The SMILES string of the molecule is COc1cc(C(=O)NC2CCSc3ccc(F)cc32)ccc1C. The summed E-state index contributed by atoms with van der Waals surface area (Å²) in [5.41, 5.74) is 2.38. The van der Waals surface area contributed by atoms with Crippen LogP contribution in [0.2, 0.25) is 0 Å². The number of halogens is 1. The van der Waals surface area contributed by atoms with Crippen LogP contribution in [-0.2, 0) is 0 Å². The Morgan fingerprint density at radius 2 is 2.13 bits per heavy atom. The van der Waals surface area contributed by atoms with E-state index in [9.17, 15) is 9.18 Å². The minimum Gasteiger partial charge on any atom is -0.496 e. The van der Waals surface area contributed by atoms with E-state index in [2.05, 4.69) is 5.32 Å². The molecule has 0 radical (unpaired) electrons. The molecule has 0 aromatic heterocycles. The summed E-state index contributed by atoms with van der Waals surface area (Å²) in [5, 5.41) is 3.01. The maximum atomic E-state index is 13.5. The first kappa shape index (κ1) is 15.9. The quantitative estimate of drug-likeness (QED) is 0.920. The second kappa shape index (κ2) is 6.62. The minimum absolute atomic E-state index is 0.165. The fraction of sp³-hybridized carbons (Fsp3) is 0.278. The van der Waals surface area contributed by atoms with E-state index in [1.54, 1.807) is 37.1 Å². The third kappa shape index (κ3) is 3.34. The standard InChI is InChI=1S/C18H18FNO2S/c1-11-3-4-12(9-16(11)22-2)18(21)20-15-7-8-23-17-6-5-13(19)10-14(15)17/h3-6,9-10,15H,7-8H2,1-2H3,(H,20,21). The lowest BCUT2D eigenvalue weighted by Crippen LogP contribution is -2.30. The third-order valence-corrected chi connectivity index (χ3v) is 5.11. The number of amides is 1. The van der Waals surface area contributed by atoms with Crippen molar-refractivity contribution in [1.82, 2.24) is 5.32 Å². The Bertz CT molecular complexity index is 748. The number of benzene rings is 2. The monoisotopic (exact) mass is 331 g/mol. The van der Waals surface area contributed by atoms with Crippen molar-refractivity contribution >= 4 is 17.7 Å². The van der Waals surface area contributed by atoms with E-state index >= 15 is 0 Å². The van der Waals surface area contributed by atoms with Gasteiger partial charge in [0.1, 0.15) is 11.6 Å². The molecule has 0 fully saturated rings. The van der Waals surface area contributed by atoms with Gasteiger partial charge in [0.15, 0.2) is 0 Å². The van der Waals surface area contributed by atoms with E-state index < -0.39 is 0 Å². The van der Waals surface area contributed by atoms with Gasteiger partial charge in [-0.05, 0) is 54.8 Å². The zero-order valence-corrected chi connectivity index (χ0v) is 13.9. The normalized spacial score (nSPS) is 16.6. The maximum Gasteiger partial charge on any atom is 0.251 e. The second-order valence-electron chi connectivity index (χ2n) is 5.53. The number of carbonyl (C=O) groups is 1. The first-order chi connectivity index (χ1) is 11.1. The molecule has 3 rings (SSSR count). The number of hydrogen-bond donors (Lipinski definition) is 1. The molecule has 2 aromatic rings. The first-order valence-corrected chi connectivity index (χ1v) is 8.45. The van der Waals surface area contributed by atoms with Crippen LogP contribution in [-0.4, -0.2) is 18.8 Å². The van der Waals surface area contributed by atoms with Crippen LogP contribution in [0.1, 0.15) is 33.9 Å². The van der Waals surface area contributed by atoms with Crippen LogP contribution in [0.5, 0.6) is 5.75 Å². The summed E-state index contributed by atoms with van der Waals surface area (Å²) in [6.45, 7) is 1.93. The average molecular weight is 331 g/mol. The summed E-state index contributed by atoms with van der Waals surface area (Å²) >= 11 is 1.69. The summed E-state index contributed by atoms with van der Waals surface area (Å²) in [6.07, 6.45) is 0.788. The summed E-state index contributed by atoms with van der Waals surface area (Å²) in [4.78, 5) is 13.6. The van der Waals surface area contributed by atoms with Gasteiger partial charge in [-0.1, -0.05) is 6.07 Å². The molecule has 1 N–H and O–H groups in total. The average Bonchev–Trinajstić information content (AvgIpc) is 2.55. The molecule has 0 saturated carbocycles. The topological polar surface area (TPSA) is 38.3 Å². The van der Waals surface area contributed by atoms with Gasteiger partial charge >= 0.3 is 0 Å². The van der Waals surface area contributed by atoms with Crippen LogP contribution in [0.4, 0.5) is 4.39 Å². The molecule has 3 nitrogen and oxygen atoms in total. The van der Waals surface area contributed by atoms with Crippen molar-refractivity contribution in [3.63, 3.8) is 0 Å². The second-order valence-corrected chi connectivity index (χ2v) is 6.67. The molecule has 1 aliphatic rings. The number of ether oxygens (including phenoxy) is 1. The summed E-state index contributed by atoms with van der Waals surface area (Å²) in [6, 6.07) is 9.96. The number of rotatable bonds is 3. The largest absolute Gasteiger partial charge is 0.496 e. The van der Waals surface area contributed by atoms with E-state index in [4.69, 9.17) is 4.74 Å². The number of methoxy groups -OCH3 is 1. The van der Waals surface area contributed by atoms with Gasteiger partial charge in [-0.2, -0.15) is 0 Å². The van der Waals surface area contributed by atoms with Crippen LogP contribution >= 0.6 is 11.8 Å². The Hall–Kier alpha value is -2.01. The lowest BCUT2D eigenvalue weighted by molar-refractivity contribution is 0.0934. The van der Waals surface area contributed by atoms with Crippen LogP contribution < -0.4 is 10.1 Å². The van der Waals surface area contributed by atoms with Crippen molar-refractivity contribution in [2.24, 2.45) is 0 Å². The molecule has 1 amide bonds. The highest BCUT2D eigenvalue weighted by Gasteiger charge is 2.23. The molecule has 0 aliphatic carbocycles. The molecule has 5 heteroatoms. The molecule has 0 spiro atoms. The van der Waals surface area contributed by atoms with Crippen molar-refractivity contribution in [1.29, 1.82) is 0 Å².